The Kier molecular flexibility index (Phi) is 2.98. The molecule has 0 saturated heterocycles. The van der Waals surface area contributed by atoms with Crippen molar-refractivity contribution in [2.75, 3.05) is 0 Å². The fraction of sp³-hybridized carbons (Fsp3) is 0.150. The molecular formula is C20H14FNO3. The molecule has 2 aromatic carbocycles. The van der Waals surface area contributed by atoms with Gasteiger partial charge in [0.25, 0.3) is 5.55 Å². The summed E-state index contributed by atoms with van der Waals surface area (Å²) in [7, 11) is 0. The molecule has 4 nitrogen and oxygen atoms in total. The van der Waals surface area contributed by atoms with E-state index in [0.717, 1.165) is 46.7 Å². The Balaban J connectivity index is 1.83. The van der Waals surface area contributed by atoms with Gasteiger partial charge in [0.15, 0.2) is 0 Å². The Hall–Kier alpha value is -3.08. The van der Waals surface area contributed by atoms with Gasteiger partial charge in [-0.1, -0.05) is 12.1 Å². The van der Waals surface area contributed by atoms with Crippen molar-refractivity contribution in [1.29, 1.82) is 0 Å². The fourth-order valence-corrected chi connectivity index (χ4v) is 3.75. The van der Waals surface area contributed by atoms with E-state index in [9.17, 15) is 9.60 Å². The van der Waals surface area contributed by atoms with Gasteiger partial charge in [0.1, 0.15) is 17.0 Å². The van der Waals surface area contributed by atoms with E-state index in [1.54, 1.807) is 18.4 Å². The molecule has 25 heavy (non-hydrogen) atoms. The summed E-state index contributed by atoms with van der Waals surface area (Å²) in [5.74, 6) is -0.265. The van der Waals surface area contributed by atoms with Crippen LogP contribution in [0.25, 0.3) is 33.1 Å². The van der Waals surface area contributed by atoms with E-state index < -0.39 is 0 Å². The lowest BCUT2D eigenvalue weighted by molar-refractivity contribution is 0.275. The average Bonchev–Trinajstić information content (AvgIpc) is 3.27. The molecular weight excluding hydrogens is 321 g/mol. The second kappa shape index (κ2) is 5.21. The van der Waals surface area contributed by atoms with Crippen LogP contribution in [0, 0.1) is 5.82 Å². The molecule has 0 unspecified atom stereocenters. The van der Waals surface area contributed by atoms with Crippen LogP contribution in [0.15, 0.2) is 56.7 Å². The molecule has 5 heteroatoms. The summed E-state index contributed by atoms with van der Waals surface area (Å²) in [6.45, 7) is 0. The van der Waals surface area contributed by atoms with Gasteiger partial charge in [0.2, 0.25) is 0 Å². The van der Waals surface area contributed by atoms with Crippen LogP contribution in [-0.4, -0.2) is 5.21 Å². The SMILES string of the molecule is O/N=c1/oc2cc3occ(-c4ccc(F)cc4)c3cc2c2c1CCC2. The minimum absolute atomic E-state index is 0.265. The Morgan fingerprint density at radius 2 is 1.76 bits per heavy atom. The zero-order chi connectivity index (χ0) is 17.0. The molecule has 1 N–H and O–H groups in total. The lowest BCUT2D eigenvalue weighted by Gasteiger charge is -2.06. The van der Waals surface area contributed by atoms with Crippen LogP contribution < -0.4 is 5.55 Å². The monoisotopic (exact) mass is 335 g/mol. The van der Waals surface area contributed by atoms with E-state index in [0.29, 0.717) is 11.2 Å². The molecule has 1 aliphatic carbocycles. The highest BCUT2D eigenvalue weighted by molar-refractivity contribution is 6.02. The van der Waals surface area contributed by atoms with E-state index in [1.807, 2.05) is 6.07 Å². The van der Waals surface area contributed by atoms with Crippen LogP contribution in [0.5, 0.6) is 0 Å². The molecule has 1 aliphatic rings. The van der Waals surface area contributed by atoms with Crippen molar-refractivity contribution in [3.8, 4) is 11.1 Å². The highest BCUT2D eigenvalue weighted by Crippen LogP contribution is 2.36. The lowest BCUT2D eigenvalue weighted by Crippen LogP contribution is -2.09. The van der Waals surface area contributed by atoms with E-state index in [2.05, 4.69) is 11.2 Å². The molecule has 0 saturated carbocycles. The summed E-state index contributed by atoms with van der Waals surface area (Å²) >= 11 is 0. The highest BCUT2D eigenvalue weighted by Gasteiger charge is 2.20. The van der Waals surface area contributed by atoms with Crippen LogP contribution in [0.3, 0.4) is 0 Å². The summed E-state index contributed by atoms with van der Waals surface area (Å²) in [5, 5.41) is 14.5. The van der Waals surface area contributed by atoms with Crippen molar-refractivity contribution in [1.82, 2.24) is 0 Å². The molecule has 0 atom stereocenters. The average molecular weight is 335 g/mol. The number of rotatable bonds is 1. The van der Waals surface area contributed by atoms with Crippen LogP contribution in [-0.2, 0) is 12.8 Å². The molecule has 5 rings (SSSR count). The molecule has 0 bridgehead atoms. The van der Waals surface area contributed by atoms with Gasteiger partial charge in [0.05, 0.1) is 6.26 Å². The van der Waals surface area contributed by atoms with Crippen molar-refractivity contribution in [3.63, 3.8) is 0 Å². The Morgan fingerprint density at radius 3 is 2.56 bits per heavy atom. The van der Waals surface area contributed by atoms with Crippen molar-refractivity contribution in [3.05, 3.63) is 65.2 Å². The first kappa shape index (κ1) is 14.3. The zero-order valence-electron chi connectivity index (χ0n) is 13.3. The predicted molar refractivity (Wildman–Crippen MR) is 90.8 cm³/mol. The number of hydrogen-bond acceptors (Lipinski definition) is 4. The van der Waals surface area contributed by atoms with Crippen LogP contribution in [0.4, 0.5) is 4.39 Å². The smallest absolute Gasteiger partial charge is 0.259 e. The molecule has 4 aromatic rings. The predicted octanol–water partition coefficient (Wildman–Crippen LogP) is 4.76. The first-order chi connectivity index (χ1) is 12.2. The normalized spacial score (nSPS) is 14.5. The molecule has 0 fully saturated rings. The maximum absolute atomic E-state index is 13.2. The minimum atomic E-state index is -0.265. The van der Waals surface area contributed by atoms with Crippen molar-refractivity contribution >= 4 is 21.9 Å². The fourth-order valence-electron chi connectivity index (χ4n) is 3.75. The number of benzene rings is 2. The molecule has 2 heterocycles. The van der Waals surface area contributed by atoms with Crippen molar-refractivity contribution in [2.24, 2.45) is 5.16 Å². The summed E-state index contributed by atoms with van der Waals surface area (Å²) in [6, 6.07) is 10.2. The molecule has 0 radical (unpaired) electrons. The lowest BCUT2D eigenvalue weighted by atomic mass is 10.0. The largest absolute Gasteiger partial charge is 0.464 e. The van der Waals surface area contributed by atoms with Gasteiger partial charge in [-0.25, -0.2) is 4.39 Å². The summed E-state index contributed by atoms with van der Waals surface area (Å²) in [6.07, 6.45) is 4.47. The summed E-state index contributed by atoms with van der Waals surface area (Å²) in [5.41, 5.74) is 5.56. The molecule has 0 aliphatic heterocycles. The van der Waals surface area contributed by atoms with E-state index in [4.69, 9.17) is 8.83 Å². The first-order valence-corrected chi connectivity index (χ1v) is 8.18. The van der Waals surface area contributed by atoms with Gasteiger partial charge in [-0.2, -0.15) is 0 Å². The number of furan rings is 1. The van der Waals surface area contributed by atoms with Crippen molar-refractivity contribution in [2.45, 2.75) is 19.3 Å². The Morgan fingerprint density at radius 1 is 0.960 bits per heavy atom. The number of nitrogens with zero attached hydrogens (tertiary/aromatic N) is 1. The van der Waals surface area contributed by atoms with E-state index >= 15 is 0 Å². The Bertz CT molecular complexity index is 1190. The molecule has 0 spiro atoms. The summed E-state index contributed by atoms with van der Waals surface area (Å²) < 4.78 is 24.7. The van der Waals surface area contributed by atoms with E-state index in [-0.39, 0.29) is 11.4 Å². The maximum atomic E-state index is 13.2. The standard InChI is InChI=1S/C20H14FNO3/c21-12-6-4-11(5-7-12)17-10-24-18-9-19-15(8-16(17)18)13-2-1-3-14(13)20(22-23)25-19/h4-10,23H,1-3H2/b22-20+. The number of halogens is 1. The number of fused-ring (bicyclic) bond motifs is 4. The van der Waals surface area contributed by atoms with Crippen LogP contribution >= 0.6 is 0 Å². The van der Waals surface area contributed by atoms with Gasteiger partial charge in [-0.05, 0) is 53.7 Å². The maximum Gasteiger partial charge on any atom is 0.259 e. The van der Waals surface area contributed by atoms with Crippen molar-refractivity contribution < 1.29 is 18.4 Å². The number of hydrogen-bond donors (Lipinski definition) is 1. The molecule has 0 amide bonds. The Labute approximate surface area is 141 Å². The zero-order valence-corrected chi connectivity index (χ0v) is 13.3. The van der Waals surface area contributed by atoms with Gasteiger partial charge in [-0.3, -0.25) is 0 Å². The first-order valence-electron chi connectivity index (χ1n) is 8.18. The minimum Gasteiger partial charge on any atom is -0.464 e. The second-order valence-corrected chi connectivity index (χ2v) is 6.32. The number of aryl methyl sites for hydroxylation is 1. The van der Waals surface area contributed by atoms with Crippen LogP contribution in [0.2, 0.25) is 0 Å². The van der Waals surface area contributed by atoms with Gasteiger partial charge in [0, 0.05) is 28.0 Å². The summed E-state index contributed by atoms with van der Waals surface area (Å²) in [4.78, 5) is 0. The molecule has 124 valence electrons. The van der Waals surface area contributed by atoms with Gasteiger partial charge < -0.3 is 14.0 Å². The second-order valence-electron chi connectivity index (χ2n) is 6.32. The van der Waals surface area contributed by atoms with Gasteiger partial charge >= 0.3 is 0 Å². The third kappa shape index (κ3) is 2.09. The van der Waals surface area contributed by atoms with Crippen LogP contribution in [0.1, 0.15) is 17.5 Å². The van der Waals surface area contributed by atoms with Gasteiger partial charge in [-0.15, -0.1) is 0 Å². The molecule has 2 aromatic heterocycles. The topological polar surface area (TPSA) is 58.9 Å². The third-order valence-corrected chi connectivity index (χ3v) is 4.93. The quantitative estimate of drug-likeness (QED) is 0.403. The highest BCUT2D eigenvalue weighted by atomic mass is 19.1. The third-order valence-electron chi connectivity index (χ3n) is 4.93. The van der Waals surface area contributed by atoms with E-state index in [1.165, 1.54) is 17.7 Å².